The normalized spacial score (nSPS) is 9.89. The van der Waals surface area contributed by atoms with Crippen molar-refractivity contribution < 1.29 is 9.63 Å². The van der Waals surface area contributed by atoms with Crippen molar-refractivity contribution in [2.24, 2.45) is 0 Å². The Kier molecular flexibility index (Phi) is 4.96. The molecule has 0 aliphatic rings. The van der Waals surface area contributed by atoms with Crippen molar-refractivity contribution in [2.75, 3.05) is 0 Å². The van der Waals surface area contributed by atoms with E-state index < -0.39 is 0 Å². The second kappa shape index (κ2) is 7.18. The van der Waals surface area contributed by atoms with Gasteiger partial charge >= 0.3 is 6.03 Å². The summed E-state index contributed by atoms with van der Waals surface area (Å²) in [4.78, 5) is 16.6. The highest BCUT2D eigenvalue weighted by Gasteiger charge is 2.00. The predicted molar refractivity (Wildman–Crippen MR) is 73.0 cm³/mol. The highest BCUT2D eigenvalue weighted by molar-refractivity contribution is 5.72. The van der Waals surface area contributed by atoms with Gasteiger partial charge in [0.05, 0.1) is 6.61 Å². The van der Waals surface area contributed by atoms with Gasteiger partial charge in [-0.15, -0.1) is 0 Å². The molecule has 98 valence electrons. The number of hydrogen-bond donors (Lipinski definition) is 2. The maximum Gasteiger partial charge on any atom is 0.338 e. The molecular weight excluding hydrogens is 240 g/mol. The largest absolute Gasteiger partial charge is 0.338 e. The molecule has 2 amide bonds. The number of hydrogen-bond acceptors (Lipinski definition) is 2. The molecule has 4 nitrogen and oxygen atoms in total. The molecule has 0 heterocycles. The van der Waals surface area contributed by atoms with Crippen LogP contribution in [0.3, 0.4) is 0 Å². The molecule has 0 bridgehead atoms. The number of urea groups is 1. The van der Waals surface area contributed by atoms with Crippen LogP contribution in [0.2, 0.25) is 0 Å². The SMILES string of the molecule is O=C(NCc1ccccc1)NOCc1ccccc1. The first-order chi connectivity index (χ1) is 9.34. The molecule has 19 heavy (non-hydrogen) atoms. The van der Waals surface area contributed by atoms with Crippen molar-refractivity contribution in [2.45, 2.75) is 13.2 Å². The molecule has 0 saturated heterocycles. The molecular formula is C15H16N2O2. The summed E-state index contributed by atoms with van der Waals surface area (Å²) in [5.41, 5.74) is 4.40. The highest BCUT2D eigenvalue weighted by Crippen LogP contribution is 1.99. The van der Waals surface area contributed by atoms with E-state index in [0.717, 1.165) is 11.1 Å². The molecule has 2 N–H and O–H groups in total. The number of amides is 2. The van der Waals surface area contributed by atoms with E-state index in [1.165, 1.54) is 0 Å². The fourth-order valence-electron chi connectivity index (χ4n) is 1.57. The van der Waals surface area contributed by atoms with Crippen LogP contribution in [0.5, 0.6) is 0 Å². The van der Waals surface area contributed by atoms with Crippen molar-refractivity contribution in [1.29, 1.82) is 0 Å². The van der Waals surface area contributed by atoms with Crippen LogP contribution < -0.4 is 10.8 Å². The van der Waals surface area contributed by atoms with Crippen molar-refractivity contribution in [1.82, 2.24) is 10.8 Å². The molecule has 0 radical (unpaired) electrons. The molecule has 0 aromatic heterocycles. The van der Waals surface area contributed by atoms with Gasteiger partial charge < -0.3 is 5.32 Å². The zero-order chi connectivity index (χ0) is 13.3. The first kappa shape index (κ1) is 13.1. The minimum absolute atomic E-state index is 0.347. The van der Waals surface area contributed by atoms with Gasteiger partial charge in [0.25, 0.3) is 0 Å². The lowest BCUT2D eigenvalue weighted by Crippen LogP contribution is -2.34. The zero-order valence-corrected chi connectivity index (χ0v) is 10.5. The van der Waals surface area contributed by atoms with Gasteiger partial charge in [-0.3, -0.25) is 4.84 Å². The number of carbonyl (C=O) groups is 1. The third-order valence-corrected chi connectivity index (χ3v) is 2.54. The number of hydroxylamine groups is 1. The van der Waals surface area contributed by atoms with Crippen LogP contribution in [0, 0.1) is 0 Å². The first-order valence-corrected chi connectivity index (χ1v) is 6.08. The summed E-state index contributed by atoms with van der Waals surface area (Å²) in [6, 6.07) is 19.0. The van der Waals surface area contributed by atoms with Crippen LogP contribution in [0.15, 0.2) is 60.7 Å². The van der Waals surface area contributed by atoms with Crippen LogP contribution in [0.4, 0.5) is 4.79 Å². The molecule has 0 spiro atoms. The molecule has 0 saturated carbocycles. The van der Waals surface area contributed by atoms with Gasteiger partial charge in [-0.2, -0.15) is 0 Å². The Labute approximate surface area is 112 Å². The minimum atomic E-state index is -0.347. The van der Waals surface area contributed by atoms with E-state index >= 15 is 0 Å². The van der Waals surface area contributed by atoms with Crippen LogP contribution in [-0.2, 0) is 18.0 Å². The maximum atomic E-state index is 11.5. The van der Waals surface area contributed by atoms with Crippen LogP contribution >= 0.6 is 0 Å². The van der Waals surface area contributed by atoms with Crippen molar-refractivity contribution in [3.63, 3.8) is 0 Å². The number of benzene rings is 2. The number of rotatable bonds is 5. The van der Waals surface area contributed by atoms with E-state index in [4.69, 9.17) is 4.84 Å². The van der Waals surface area contributed by atoms with Gasteiger partial charge in [0, 0.05) is 6.54 Å². The number of carbonyl (C=O) groups excluding carboxylic acids is 1. The van der Waals surface area contributed by atoms with E-state index in [2.05, 4.69) is 10.8 Å². The standard InChI is InChI=1S/C15H16N2O2/c18-15(16-11-13-7-3-1-4-8-13)17-19-12-14-9-5-2-6-10-14/h1-10H,11-12H2,(H2,16,17,18). The molecule has 0 aliphatic heterocycles. The molecule has 4 heteroatoms. The summed E-state index contributed by atoms with van der Waals surface area (Å²) >= 11 is 0. The van der Waals surface area contributed by atoms with Crippen LogP contribution in [0.25, 0.3) is 0 Å². The van der Waals surface area contributed by atoms with Gasteiger partial charge in [0.15, 0.2) is 0 Å². The zero-order valence-electron chi connectivity index (χ0n) is 10.5. The Bertz CT molecular complexity index is 500. The topological polar surface area (TPSA) is 50.4 Å². The Balaban J connectivity index is 1.65. The van der Waals surface area contributed by atoms with E-state index in [1.54, 1.807) is 0 Å². The second-order valence-corrected chi connectivity index (χ2v) is 4.04. The fraction of sp³-hybridized carbons (Fsp3) is 0.133. The predicted octanol–water partition coefficient (Wildman–Crippen LogP) is 2.62. The Morgan fingerprint density at radius 1 is 0.895 bits per heavy atom. The molecule has 0 atom stereocenters. The Morgan fingerprint density at radius 3 is 2.11 bits per heavy atom. The molecule has 2 aromatic rings. The van der Waals surface area contributed by atoms with Crippen molar-refractivity contribution in [3.05, 3.63) is 71.8 Å². The minimum Gasteiger partial charge on any atom is -0.332 e. The van der Waals surface area contributed by atoms with E-state index in [1.807, 2.05) is 60.7 Å². The average Bonchev–Trinajstić information content (AvgIpc) is 2.47. The molecule has 0 fully saturated rings. The summed E-state index contributed by atoms with van der Waals surface area (Å²) in [7, 11) is 0. The lowest BCUT2D eigenvalue weighted by molar-refractivity contribution is 0.0490. The van der Waals surface area contributed by atoms with Gasteiger partial charge in [0.1, 0.15) is 0 Å². The lowest BCUT2D eigenvalue weighted by Gasteiger charge is -2.07. The van der Waals surface area contributed by atoms with Gasteiger partial charge in [-0.1, -0.05) is 60.7 Å². The second-order valence-electron chi connectivity index (χ2n) is 4.04. The van der Waals surface area contributed by atoms with E-state index in [9.17, 15) is 4.79 Å². The summed E-state index contributed by atoms with van der Waals surface area (Å²) in [6.07, 6.45) is 0. The Morgan fingerprint density at radius 2 is 1.47 bits per heavy atom. The van der Waals surface area contributed by atoms with Gasteiger partial charge in [0.2, 0.25) is 0 Å². The van der Waals surface area contributed by atoms with Gasteiger partial charge in [-0.05, 0) is 11.1 Å². The van der Waals surface area contributed by atoms with Crippen LogP contribution in [-0.4, -0.2) is 6.03 Å². The molecule has 2 aromatic carbocycles. The quantitative estimate of drug-likeness (QED) is 0.808. The Hall–Kier alpha value is -2.33. The summed E-state index contributed by atoms with van der Waals surface area (Å²) in [5.74, 6) is 0. The first-order valence-electron chi connectivity index (χ1n) is 6.08. The smallest absolute Gasteiger partial charge is 0.332 e. The third-order valence-electron chi connectivity index (χ3n) is 2.54. The summed E-state index contributed by atoms with van der Waals surface area (Å²) < 4.78 is 0. The third kappa shape index (κ3) is 4.81. The van der Waals surface area contributed by atoms with E-state index in [-0.39, 0.29) is 6.03 Å². The van der Waals surface area contributed by atoms with Crippen molar-refractivity contribution in [3.8, 4) is 0 Å². The molecule has 0 aliphatic carbocycles. The highest BCUT2D eigenvalue weighted by atomic mass is 16.7. The van der Waals surface area contributed by atoms with Crippen LogP contribution in [0.1, 0.15) is 11.1 Å². The number of nitrogens with one attached hydrogen (secondary N) is 2. The average molecular weight is 256 g/mol. The lowest BCUT2D eigenvalue weighted by atomic mass is 10.2. The molecule has 0 unspecified atom stereocenters. The maximum absolute atomic E-state index is 11.5. The van der Waals surface area contributed by atoms with Crippen molar-refractivity contribution >= 4 is 6.03 Å². The van der Waals surface area contributed by atoms with Gasteiger partial charge in [-0.25, -0.2) is 10.3 Å². The monoisotopic (exact) mass is 256 g/mol. The molecule has 2 rings (SSSR count). The van der Waals surface area contributed by atoms with E-state index in [0.29, 0.717) is 13.2 Å². The summed E-state index contributed by atoms with van der Waals surface area (Å²) in [6.45, 7) is 0.820. The fourth-order valence-corrected chi connectivity index (χ4v) is 1.57. The summed E-state index contributed by atoms with van der Waals surface area (Å²) in [5, 5.41) is 2.71.